The molecule has 0 aliphatic carbocycles. The standard InChI is InChI=1S/C27H27N5O4S.ClH/c33-26(20-2-1-3-23(14-20)31-11-8-28-9-12-31)25-15-21-17-32(18-22(21)16-30-25)37(34,35)24-6-4-19(5-7-24)27-29-10-13-36-27;/h1-7,10,13-16,26,28,33H,8-9,11-12,17-18H2;1H. The lowest BCUT2D eigenvalue weighted by Gasteiger charge is -2.30. The number of pyridine rings is 1. The summed E-state index contributed by atoms with van der Waals surface area (Å²) in [6, 6.07) is 16.2. The van der Waals surface area contributed by atoms with Gasteiger partial charge in [-0.1, -0.05) is 12.1 Å². The number of piperazine rings is 1. The zero-order valence-electron chi connectivity index (χ0n) is 20.5. The van der Waals surface area contributed by atoms with Gasteiger partial charge in [0.1, 0.15) is 12.4 Å². The molecule has 11 heteroatoms. The molecule has 1 unspecified atom stereocenters. The number of aliphatic hydroxyl groups excluding tert-OH is 1. The molecule has 0 saturated carbocycles. The fourth-order valence-electron chi connectivity index (χ4n) is 4.86. The van der Waals surface area contributed by atoms with Crippen LogP contribution in [0.2, 0.25) is 0 Å². The van der Waals surface area contributed by atoms with E-state index in [2.05, 4.69) is 26.3 Å². The molecule has 1 saturated heterocycles. The highest BCUT2D eigenvalue weighted by molar-refractivity contribution is 7.89. The summed E-state index contributed by atoms with van der Waals surface area (Å²) in [6.45, 7) is 4.17. The number of fused-ring (bicyclic) bond motifs is 1. The molecular weight excluding hydrogens is 526 g/mol. The van der Waals surface area contributed by atoms with Crippen molar-refractivity contribution >= 4 is 28.1 Å². The van der Waals surface area contributed by atoms with E-state index in [0.29, 0.717) is 17.1 Å². The summed E-state index contributed by atoms with van der Waals surface area (Å²) in [4.78, 5) is 11.1. The van der Waals surface area contributed by atoms with E-state index in [1.165, 1.54) is 10.6 Å². The Morgan fingerprint density at radius 3 is 2.47 bits per heavy atom. The Labute approximate surface area is 227 Å². The van der Waals surface area contributed by atoms with Gasteiger partial charge in [-0.3, -0.25) is 4.98 Å². The largest absolute Gasteiger partial charge is 0.445 e. The smallest absolute Gasteiger partial charge is 0.243 e. The number of sulfonamides is 1. The zero-order chi connectivity index (χ0) is 25.4. The summed E-state index contributed by atoms with van der Waals surface area (Å²) in [5.74, 6) is 0.438. The van der Waals surface area contributed by atoms with Gasteiger partial charge < -0.3 is 19.7 Å². The van der Waals surface area contributed by atoms with E-state index in [4.69, 9.17) is 4.42 Å². The van der Waals surface area contributed by atoms with Gasteiger partial charge >= 0.3 is 0 Å². The molecule has 0 spiro atoms. The molecule has 2 aromatic heterocycles. The van der Waals surface area contributed by atoms with Crippen molar-refractivity contribution in [1.29, 1.82) is 0 Å². The average Bonchev–Trinajstić information content (AvgIpc) is 3.64. The third-order valence-electron chi connectivity index (χ3n) is 6.92. The number of nitrogens with zero attached hydrogens (tertiary/aromatic N) is 4. The van der Waals surface area contributed by atoms with E-state index in [0.717, 1.165) is 48.6 Å². The maximum Gasteiger partial charge on any atom is 0.243 e. The summed E-state index contributed by atoms with van der Waals surface area (Å²) in [6.07, 6.45) is 3.80. The van der Waals surface area contributed by atoms with E-state index in [1.807, 2.05) is 24.3 Å². The van der Waals surface area contributed by atoms with Crippen molar-refractivity contribution in [3.8, 4) is 11.5 Å². The van der Waals surface area contributed by atoms with Gasteiger partial charge in [-0.2, -0.15) is 4.31 Å². The van der Waals surface area contributed by atoms with Crippen LogP contribution in [0.5, 0.6) is 0 Å². The quantitative estimate of drug-likeness (QED) is 0.374. The number of hydrogen-bond donors (Lipinski definition) is 2. The fraction of sp³-hybridized carbons (Fsp3) is 0.259. The number of oxazole rings is 1. The molecule has 0 amide bonds. The van der Waals surface area contributed by atoms with Gasteiger partial charge in [-0.25, -0.2) is 13.4 Å². The van der Waals surface area contributed by atoms with Crippen molar-refractivity contribution in [3.05, 3.63) is 95.6 Å². The SMILES string of the molecule is Cl.O=S(=O)(c1ccc(-c2ncco2)cc1)N1Cc2cnc(C(O)c3cccc(N4CCNCC4)c3)cc2C1. The highest BCUT2D eigenvalue weighted by Gasteiger charge is 2.31. The topological polar surface area (TPSA) is 112 Å². The number of benzene rings is 2. The predicted octanol–water partition coefficient (Wildman–Crippen LogP) is 3.35. The monoisotopic (exact) mass is 553 g/mol. The van der Waals surface area contributed by atoms with Crippen molar-refractivity contribution in [2.75, 3.05) is 31.1 Å². The van der Waals surface area contributed by atoms with Crippen LogP contribution in [0.25, 0.3) is 11.5 Å². The number of nitrogens with one attached hydrogen (secondary N) is 1. The number of halogens is 1. The van der Waals surface area contributed by atoms with Crippen molar-refractivity contribution in [2.24, 2.45) is 0 Å². The van der Waals surface area contributed by atoms with Crippen LogP contribution >= 0.6 is 12.4 Å². The second-order valence-corrected chi connectivity index (χ2v) is 11.2. The van der Waals surface area contributed by atoms with Gasteiger partial charge in [0, 0.05) is 56.7 Å². The van der Waals surface area contributed by atoms with Crippen LogP contribution in [0.3, 0.4) is 0 Å². The van der Waals surface area contributed by atoms with Gasteiger partial charge in [-0.05, 0) is 59.2 Å². The van der Waals surface area contributed by atoms with Crippen LogP contribution in [0, 0.1) is 0 Å². The summed E-state index contributed by atoms with van der Waals surface area (Å²) in [5.41, 5.74) is 4.73. The molecule has 0 radical (unpaired) electrons. The lowest BCUT2D eigenvalue weighted by molar-refractivity contribution is 0.215. The predicted molar refractivity (Wildman–Crippen MR) is 145 cm³/mol. The minimum atomic E-state index is -3.71. The van der Waals surface area contributed by atoms with Crippen LogP contribution < -0.4 is 10.2 Å². The molecular formula is C27H28ClN5O4S. The fourth-order valence-corrected chi connectivity index (χ4v) is 6.25. The van der Waals surface area contributed by atoms with E-state index in [1.54, 1.807) is 36.7 Å². The van der Waals surface area contributed by atoms with Gasteiger partial charge in [-0.15, -0.1) is 12.4 Å². The first kappa shape index (κ1) is 26.3. The number of aliphatic hydroxyl groups is 1. The minimum Gasteiger partial charge on any atom is -0.445 e. The highest BCUT2D eigenvalue weighted by Crippen LogP contribution is 2.32. The highest BCUT2D eigenvalue weighted by atomic mass is 35.5. The molecule has 2 aromatic carbocycles. The van der Waals surface area contributed by atoms with Crippen molar-refractivity contribution < 1.29 is 17.9 Å². The molecule has 4 heterocycles. The first-order valence-corrected chi connectivity index (χ1v) is 13.6. The molecule has 9 nitrogen and oxygen atoms in total. The molecule has 0 bridgehead atoms. The maximum absolute atomic E-state index is 13.3. The Balaban J connectivity index is 0.00000294. The Morgan fingerprint density at radius 2 is 1.74 bits per heavy atom. The summed E-state index contributed by atoms with van der Waals surface area (Å²) >= 11 is 0. The van der Waals surface area contributed by atoms with Gasteiger partial charge in [0.25, 0.3) is 0 Å². The van der Waals surface area contributed by atoms with Crippen LogP contribution in [0.15, 0.2) is 82.6 Å². The molecule has 1 atom stereocenters. The molecule has 198 valence electrons. The lowest BCUT2D eigenvalue weighted by Crippen LogP contribution is -2.43. The summed E-state index contributed by atoms with van der Waals surface area (Å²) in [7, 11) is -3.71. The number of anilines is 1. The van der Waals surface area contributed by atoms with E-state index < -0.39 is 16.1 Å². The molecule has 6 rings (SSSR count). The van der Waals surface area contributed by atoms with Gasteiger partial charge in [0.2, 0.25) is 15.9 Å². The molecule has 2 N–H and O–H groups in total. The van der Waals surface area contributed by atoms with E-state index in [9.17, 15) is 13.5 Å². The van der Waals surface area contributed by atoms with E-state index in [-0.39, 0.29) is 30.4 Å². The Hall–Kier alpha value is -3.28. The van der Waals surface area contributed by atoms with Crippen LogP contribution in [0.4, 0.5) is 5.69 Å². The number of rotatable bonds is 6. The maximum atomic E-state index is 13.3. The minimum absolute atomic E-state index is 0. The Kier molecular flexibility index (Phi) is 7.51. The number of aromatic nitrogens is 2. The third-order valence-corrected chi connectivity index (χ3v) is 8.72. The first-order chi connectivity index (χ1) is 18.0. The van der Waals surface area contributed by atoms with Crippen LogP contribution in [0.1, 0.15) is 28.5 Å². The second-order valence-electron chi connectivity index (χ2n) is 9.25. The Morgan fingerprint density at radius 1 is 0.974 bits per heavy atom. The number of hydrogen-bond acceptors (Lipinski definition) is 8. The van der Waals surface area contributed by atoms with Crippen molar-refractivity contribution in [3.63, 3.8) is 0 Å². The van der Waals surface area contributed by atoms with Crippen molar-refractivity contribution in [2.45, 2.75) is 24.1 Å². The lowest BCUT2D eigenvalue weighted by atomic mass is 10.0. The molecule has 2 aliphatic rings. The zero-order valence-corrected chi connectivity index (χ0v) is 22.2. The molecule has 4 aromatic rings. The average molecular weight is 554 g/mol. The van der Waals surface area contributed by atoms with Gasteiger partial charge in [0.05, 0.1) is 16.8 Å². The van der Waals surface area contributed by atoms with Crippen molar-refractivity contribution in [1.82, 2.24) is 19.6 Å². The first-order valence-electron chi connectivity index (χ1n) is 12.2. The molecule has 38 heavy (non-hydrogen) atoms. The van der Waals surface area contributed by atoms with E-state index >= 15 is 0 Å². The summed E-state index contributed by atoms with van der Waals surface area (Å²) < 4.78 is 33.4. The van der Waals surface area contributed by atoms with Crippen LogP contribution in [-0.4, -0.2) is 54.0 Å². The molecule has 2 aliphatic heterocycles. The summed E-state index contributed by atoms with van der Waals surface area (Å²) in [5, 5.41) is 14.5. The normalized spacial score (nSPS) is 16.6. The second kappa shape index (κ2) is 10.8. The van der Waals surface area contributed by atoms with Crippen LogP contribution in [-0.2, 0) is 23.1 Å². The molecule has 1 fully saturated rings. The Bertz CT molecular complexity index is 1510. The third kappa shape index (κ3) is 5.05. The van der Waals surface area contributed by atoms with Gasteiger partial charge in [0.15, 0.2) is 0 Å².